The van der Waals surface area contributed by atoms with Crippen LogP contribution in [0.2, 0.25) is 0 Å². The maximum Gasteiger partial charge on any atom is 0.164 e. The number of aromatic nitrogens is 5. The number of benzene rings is 1. The van der Waals surface area contributed by atoms with Crippen molar-refractivity contribution in [1.29, 1.82) is 0 Å². The molecule has 0 bridgehead atoms. The van der Waals surface area contributed by atoms with Crippen LogP contribution in [0.5, 0.6) is 0 Å². The fourth-order valence-corrected chi connectivity index (χ4v) is 2.65. The summed E-state index contributed by atoms with van der Waals surface area (Å²) in [6.45, 7) is 1.99. The van der Waals surface area contributed by atoms with Gasteiger partial charge in [-0.25, -0.2) is 23.9 Å². The quantitative estimate of drug-likeness (QED) is 0.619. The molecule has 0 saturated carbocycles. The Morgan fingerprint density at radius 3 is 2.80 bits per heavy atom. The average Bonchev–Trinajstić information content (AvgIpc) is 3.06. The Bertz CT molecular complexity index is 1010. The lowest BCUT2D eigenvalue weighted by Gasteiger charge is -2.15. The highest BCUT2D eigenvalue weighted by Gasteiger charge is 2.11. The highest BCUT2D eigenvalue weighted by molar-refractivity contribution is 5.75. The molecule has 124 valence electrons. The second-order valence-electron chi connectivity index (χ2n) is 5.65. The van der Waals surface area contributed by atoms with Crippen molar-refractivity contribution in [3.63, 3.8) is 0 Å². The van der Waals surface area contributed by atoms with Gasteiger partial charge in [-0.05, 0) is 30.7 Å². The molecule has 3 aromatic heterocycles. The predicted octanol–water partition coefficient (Wildman–Crippen LogP) is 3.50. The van der Waals surface area contributed by atoms with Crippen molar-refractivity contribution in [3.8, 4) is 11.3 Å². The molecule has 0 aliphatic carbocycles. The van der Waals surface area contributed by atoms with Gasteiger partial charge in [0.15, 0.2) is 5.65 Å². The molecule has 1 atom stereocenters. The molecule has 3 heterocycles. The first-order chi connectivity index (χ1) is 12.2. The van der Waals surface area contributed by atoms with Gasteiger partial charge in [0.2, 0.25) is 0 Å². The zero-order chi connectivity index (χ0) is 17.2. The third kappa shape index (κ3) is 3.03. The van der Waals surface area contributed by atoms with Crippen LogP contribution in [0.25, 0.3) is 16.9 Å². The zero-order valence-electron chi connectivity index (χ0n) is 13.5. The SMILES string of the molecule is C[C@H](Nc1cc(-c2cnn3cccnc23)ncn1)c1ccc(F)cc1. The Labute approximate surface area is 143 Å². The largest absolute Gasteiger partial charge is 0.363 e. The number of nitrogens with zero attached hydrogens (tertiary/aromatic N) is 5. The van der Waals surface area contributed by atoms with E-state index in [1.807, 2.05) is 25.3 Å². The Morgan fingerprint density at radius 1 is 1.12 bits per heavy atom. The van der Waals surface area contributed by atoms with Gasteiger partial charge in [-0.3, -0.25) is 0 Å². The van der Waals surface area contributed by atoms with E-state index in [1.165, 1.54) is 18.5 Å². The van der Waals surface area contributed by atoms with E-state index in [9.17, 15) is 4.39 Å². The first kappa shape index (κ1) is 15.2. The van der Waals surface area contributed by atoms with Crippen LogP contribution >= 0.6 is 0 Å². The normalized spacial score (nSPS) is 12.2. The highest BCUT2D eigenvalue weighted by atomic mass is 19.1. The molecule has 0 saturated heterocycles. The molecule has 4 aromatic rings. The highest BCUT2D eigenvalue weighted by Crippen LogP contribution is 2.24. The standard InChI is InChI=1S/C18H15FN6/c1-12(13-3-5-14(19)6-4-13)24-17-9-16(21-11-22-17)15-10-23-25-8-2-7-20-18(15)25/h2-12H,1H3,(H,21,22,24)/t12-/m0/s1. The van der Waals surface area contributed by atoms with Crippen molar-refractivity contribution in [2.75, 3.05) is 5.32 Å². The Hall–Kier alpha value is -3.35. The van der Waals surface area contributed by atoms with E-state index >= 15 is 0 Å². The van der Waals surface area contributed by atoms with Crippen molar-refractivity contribution >= 4 is 11.5 Å². The molecule has 25 heavy (non-hydrogen) atoms. The Morgan fingerprint density at radius 2 is 1.96 bits per heavy atom. The van der Waals surface area contributed by atoms with Gasteiger partial charge in [0.25, 0.3) is 0 Å². The molecule has 0 aliphatic heterocycles. The molecule has 0 unspecified atom stereocenters. The van der Waals surface area contributed by atoms with E-state index in [1.54, 1.807) is 29.0 Å². The summed E-state index contributed by atoms with van der Waals surface area (Å²) in [5.41, 5.74) is 3.27. The molecule has 1 N–H and O–H groups in total. The second-order valence-corrected chi connectivity index (χ2v) is 5.65. The molecular formula is C18H15FN6. The average molecular weight is 334 g/mol. The van der Waals surface area contributed by atoms with Crippen LogP contribution in [0.1, 0.15) is 18.5 Å². The van der Waals surface area contributed by atoms with Crippen molar-refractivity contribution in [1.82, 2.24) is 24.6 Å². The van der Waals surface area contributed by atoms with Crippen LogP contribution in [0, 0.1) is 5.82 Å². The monoisotopic (exact) mass is 334 g/mol. The molecule has 1 aromatic carbocycles. The van der Waals surface area contributed by atoms with E-state index in [-0.39, 0.29) is 11.9 Å². The van der Waals surface area contributed by atoms with E-state index in [0.29, 0.717) is 5.82 Å². The maximum absolute atomic E-state index is 13.1. The first-order valence-corrected chi connectivity index (χ1v) is 7.83. The fourth-order valence-electron chi connectivity index (χ4n) is 2.65. The third-order valence-electron chi connectivity index (χ3n) is 3.96. The van der Waals surface area contributed by atoms with Crippen LogP contribution in [-0.4, -0.2) is 24.6 Å². The number of rotatable bonds is 4. The summed E-state index contributed by atoms with van der Waals surface area (Å²) in [5, 5.41) is 7.59. The van der Waals surface area contributed by atoms with Crippen molar-refractivity contribution in [3.05, 3.63) is 72.7 Å². The minimum absolute atomic E-state index is 0.0228. The Balaban J connectivity index is 1.62. The van der Waals surface area contributed by atoms with Crippen LogP contribution in [0.15, 0.2) is 61.3 Å². The summed E-state index contributed by atoms with van der Waals surface area (Å²) < 4.78 is 14.8. The molecule has 4 rings (SSSR count). The lowest BCUT2D eigenvalue weighted by atomic mass is 10.1. The van der Waals surface area contributed by atoms with E-state index in [4.69, 9.17) is 0 Å². The number of fused-ring (bicyclic) bond motifs is 1. The molecule has 0 fully saturated rings. The number of hydrogen-bond acceptors (Lipinski definition) is 5. The second kappa shape index (κ2) is 6.27. The molecule has 6 nitrogen and oxygen atoms in total. The summed E-state index contributed by atoms with van der Waals surface area (Å²) >= 11 is 0. The summed E-state index contributed by atoms with van der Waals surface area (Å²) in [6.07, 6.45) is 6.79. The van der Waals surface area contributed by atoms with Crippen LogP contribution in [0.3, 0.4) is 0 Å². The van der Waals surface area contributed by atoms with E-state index in [2.05, 4.69) is 25.4 Å². The molecule has 7 heteroatoms. The van der Waals surface area contributed by atoms with Crippen LogP contribution in [-0.2, 0) is 0 Å². The first-order valence-electron chi connectivity index (χ1n) is 7.83. The topological polar surface area (TPSA) is 68.0 Å². The molecular weight excluding hydrogens is 319 g/mol. The minimum Gasteiger partial charge on any atom is -0.363 e. The smallest absolute Gasteiger partial charge is 0.164 e. The summed E-state index contributed by atoms with van der Waals surface area (Å²) in [4.78, 5) is 12.9. The zero-order valence-corrected chi connectivity index (χ0v) is 13.5. The maximum atomic E-state index is 13.1. The number of nitrogens with one attached hydrogen (secondary N) is 1. The van der Waals surface area contributed by atoms with E-state index < -0.39 is 0 Å². The summed E-state index contributed by atoms with van der Waals surface area (Å²) in [5.74, 6) is 0.429. The van der Waals surface area contributed by atoms with Gasteiger partial charge in [-0.1, -0.05) is 12.1 Å². The van der Waals surface area contributed by atoms with Crippen molar-refractivity contribution in [2.45, 2.75) is 13.0 Å². The summed E-state index contributed by atoms with van der Waals surface area (Å²) in [7, 11) is 0. The molecule has 0 spiro atoms. The number of hydrogen-bond donors (Lipinski definition) is 1. The van der Waals surface area contributed by atoms with Gasteiger partial charge < -0.3 is 5.32 Å². The predicted molar refractivity (Wildman–Crippen MR) is 92.5 cm³/mol. The van der Waals surface area contributed by atoms with E-state index in [0.717, 1.165) is 22.5 Å². The summed E-state index contributed by atoms with van der Waals surface area (Å²) in [6, 6.07) is 10.1. The third-order valence-corrected chi connectivity index (χ3v) is 3.96. The molecule has 0 amide bonds. The van der Waals surface area contributed by atoms with Crippen LogP contribution in [0.4, 0.5) is 10.2 Å². The van der Waals surface area contributed by atoms with Gasteiger partial charge in [-0.2, -0.15) is 5.10 Å². The van der Waals surface area contributed by atoms with Gasteiger partial charge >= 0.3 is 0 Å². The fraction of sp³-hybridized carbons (Fsp3) is 0.111. The minimum atomic E-state index is -0.249. The Kier molecular flexibility index (Phi) is 3.81. The number of anilines is 1. The van der Waals surface area contributed by atoms with Gasteiger partial charge in [0.05, 0.1) is 17.5 Å². The number of halogens is 1. The molecule has 0 aliphatic rings. The van der Waals surface area contributed by atoms with Gasteiger partial charge in [0, 0.05) is 24.5 Å². The lowest BCUT2D eigenvalue weighted by molar-refractivity contribution is 0.626. The van der Waals surface area contributed by atoms with Crippen LogP contribution < -0.4 is 5.32 Å². The van der Waals surface area contributed by atoms with Crippen molar-refractivity contribution in [2.24, 2.45) is 0 Å². The van der Waals surface area contributed by atoms with Crippen molar-refractivity contribution < 1.29 is 4.39 Å². The molecule has 0 radical (unpaired) electrons. The van der Waals surface area contributed by atoms with Gasteiger partial charge in [-0.15, -0.1) is 0 Å². The van der Waals surface area contributed by atoms with Gasteiger partial charge in [0.1, 0.15) is 18.0 Å². The lowest BCUT2D eigenvalue weighted by Crippen LogP contribution is -2.08.